The Balaban J connectivity index is 0.00000130. The Labute approximate surface area is 173 Å². The van der Waals surface area contributed by atoms with Crippen molar-refractivity contribution < 1.29 is 28.0 Å². The Morgan fingerprint density at radius 3 is 1.43 bits per heavy atom. The molecule has 4 atom stereocenters. The SMILES string of the molecule is CCCCCCCCCCCC[N+](C)(C)C[C]12[CH]3[CH]4[CH]5[CH]1[Fe]45321678[CH]2[CH]1[CH]6[CH]7[CH]28.[Br-]. The molecule has 0 aromatic heterocycles. The fraction of sp³-hybridized carbons (Fsp3) is 1.00. The van der Waals surface area contributed by atoms with Gasteiger partial charge in [0, 0.05) is 0 Å². The Morgan fingerprint density at radius 1 is 0.643 bits per heavy atom. The second kappa shape index (κ2) is 2.16. The Hall–Kier alpha value is 0.959. The molecule has 0 N–H and O–H groups in total. The average molecular weight is 492 g/mol. The zero-order valence-corrected chi connectivity index (χ0v) is 21.1. The normalized spacial score (nSPS) is 77.3. The maximum Gasteiger partial charge on any atom is -1.00 e. The van der Waals surface area contributed by atoms with Gasteiger partial charge in [0.2, 0.25) is 0 Å². The van der Waals surface area contributed by atoms with Crippen LogP contribution in [0.4, 0.5) is 0 Å². The van der Waals surface area contributed by atoms with Gasteiger partial charge in [0.15, 0.2) is 0 Å². The van der Waals surface area contributed by atoms with Crippen LogP contribution in [0.15, 0.2) is 0 Å². The number of fused-ring (bicyclic) bond motifs is 10. The minimum Gasteiger partial charge on any atom is -1.00 e. The van der Waals surface area contributed by atoms with Crippen molar-refractivity contribution in [3.63, 3.8) is 0 Å². The first kappa shape index (κ1) is 16.6. The van der Waals surface area contributed by atoms with Crippen LogP contribution in [0.3, 0.4) is 0 Å². The van der Waals surface area contributed by atoms with Crippen molar-refractivity contribution in [1.82, 2.24) is 0 Å². The van der Waals surface area contributed by atoms with E-state index in [-0.39, 0.29) is 17.0 Å². The van der Waals surface area contributed by atoms with Crippen LogP contribution in [-0.2, 0) is 6.51 Å². The summed E-state index contributed by atoms with van der Waals surface area (Å²) in [6, 6.07) is 0. The van der Waals surface area contributed by atoms with E-state index in [1.54, 1.807) is 6.54 Å². The molecular formula is C25H42BrFeN. The maximum atomic E-state index is 2.64. The zero-order chi connectivity index (χ0) is 18.0. The maximum absolute atomic E-state index is 2.80. The van der Waals surface area contributed by atoms with Crippen LogP contribution in [0.5, 0.6) is 0 Å². The molecule has 3 heteroatoms. The summed E-state index contributed by atoms with van der Waals surface area (Å²) in [6.45, 7) is 2.70. The van der Waals surface area contributed by atoms with Gasteiger partial charge in [0.25, 0.3) is 0 Å². The molecule has 0 aromatic rings. The molecule has 10 saturated heterocycles. The first-order chi connectivity index (χ1) is 12.8. The second-order valence-corrected chi connectivity index (χ2v) is 39.5. The summed E-state index contributed by atoms with van der Waals surface area (Å²) in [5.41, 5.74) is 0. The summed E-state index contributed by atoms with van der Waals surface area (Å²) in [5.74, 6) is 0. The second-order valence-electron chi connectivity index (χ2n) is 15.8. The van der Waals surface area contributed by atoms with Crippen molar-refractivity contribution in [3.05, 3.63) is 0 Å². The number of halogens is 1. The third-order valence-electron chi connectivity index (χ3n) is 18.8. The van der Waals surface area contributed by atoms with Gasteiger partial charge in [-0.1, -0.05) is 19.8 Å². The van der Waals surface area contributed by atoms with Crippen molar-refractivity contribution in [3.8, 4) is 0 Å². The van der Waals surface area contributed by atoms with E-state index >= 15 is 0 Å². The molecule has 0 saturated carbocycles. The van der Waals surface area contributed by atoms with Gasteiger partial charge < -0.3 is 17.0 Å². The molecule has 0 aliphatic carbocycles. The van der Waals surface area contributed by atoms with Gasteiger partial charge in [0.05, 0.1) is 0 Å². The van der Waals surface area contributed by atoms with E-state index < -0.39 is 6.51 Å². The number of rotatable bonds is 13. The molecule has 10 rings (SSSR count). The van der Waals surface area contributed by atoms with E-state index in [4.69, 9.17) is 0 Å². The molecular weight excluding hydrogens is 450 g/mol. The Bertz CT molecular complexity index is 1040. The van der Waals surface area contributed by atoms with E-state index in [1.165, 1.54) is 119 Å². The largest absolute Gasteiger partial charge is 1.00 e. The van der Waals surface area contributed by atoms with Crippen molar-refractivity contribution in [1.29, 1.82) is 0 Å². The number of unbranched alkanes of at least 4 members (excludes halogenated alkanes) is 9. The summed E-state index contributed by atoms with van der Waals surface area (Å²) < 4.78 is 2.56. The summed E-state index contributed by atoms with van der Waals surface area (Å²) in [4.78, 5) is 13.7. The third-order valence-corrected chi connectivity index (χ3v) is 61.7. The minimum absolute atomic E-state index is 0. The molecule has 0 radical (unpaired) electrons. The number of hydrogen-bond acceptors (Lipinski definition) is 0. The van der Waals surface area contributed by atoms with Crippen LogP contribution >= 0.6 is 0 Å². The summed E-state index contributed by atoms with van der Waals surface area (Å²) >= 11 is 0. The molecule has 10 fully saturated rings. The Kier molecular flexibility index (Phi) is 1.28. The Morgan fingerprint density at radius 2 is 1.07 bits per heavy atom. The van der Waals surface area contributed by atoms with Crippen LogP contribution in [0.25, 0.3) is 0 Å². The summed E-state index contributed by atoms with van der Waals surface area (Å²) in [5, 5.41) is 0. The average Bonchev–Trinajstić information content (AvgIpc) is 3.57. The van der Waals surface area contributed by atoms with Gasteiger partial charge in [-0.25, -0.2) is 0 Å². The zero-order valence-electron chi connectivity index (χ0n) is 18.4. The van der Waals surface area contributed by atoms with Crippen molar-refractivity contribution in [2.45, 2.75) is 119 Å². The molecule has 4 unspecified atom stereocenters. The first-order valence-electron chi connectivity index (χ1n) is 12.8. The summed E-state index contributed by atoms with van der Waals surface area (Å²) in [7, 11) is 5.28. The molecule has 0 amide bonds. The standard InChI is InChI=1S/C20H37N.C5H5.BrH.Fe/c1-4-5-6-7-8-9-10-11-12-15-18-21(2,3)19-20-16-13-14-17-20;1-2-4-5-3-1;;/h13-14,16-17H,4-12,15,18-19H2,1-3H3;1-5H;1H;/q+1;;;/p-1. The van der Waals surface area contributed by atoms with Gasteiger partial charge >= 0.3 is 137 Å². The van der Waals surface area contributed by atoms with Gasteiger partial charge in [0.1, 0.15) is 0 Å². The summed E-state index contributed by atoms with van der Waals surface area (Å²) in [6.07, 6.45) is 14.8. The minimum atomic E-state index is -2.80. The molecule has 1 spiro atoms. The topological polar surface area (TPSA) is 0 Å². The van der Waals surface area contributed by atoms with Crippen LogP contribution in [0.1, 0.15) is 71.1 Å². The number of hydrogen-bond donors (Lipinski definition) is 0. The van der Waals surface area contributed by atoms with Gasteiger partial charge in [-0.2, -0.15) is 0 Å². The first-order valence-corrected chi connectivity index (χ1v) is 19.1. The van der Waals surface area contributed by atoms with Crippen LogP contribution in [0.2, 0.25) is 47.7 Å². The number of quaternary nitrogens is 1. The van der Waals surface area contributed by atoms with E-state index in [0.29, 0.717) is 0 Å². The van der Waals surface area contributed by atoms with Crippen LogP contribution in [0, 0.1) is 0 Å². The monoisotopic (exact) mass is 491 g/mol. The van der Waals surface area contributed by atoms with Crippen LogP contribution in [-0.4, -0.2) is 31.7 Å². The third kappa shape index (κ3) is 0.335. The molecule has 162 valence electrons. The number of nitrogens with zero attached hydrogens (tertiary/aromatic N) is 1. The van der Waals surface area contributed by atoms with E-state index in [0.717, 1.165) is 4.31 Å². The molecule has 10 heterocycles. The molecule has 28 heavy (non-hydrogen) atoms. The van der Waals surface area contributed by atoms with Gasteiger partial charge in [-0.3, -0.25) is 0 Å². The predicted molar refractivity (Wildman–Crippen MR) is 110 cm³/mol. The van der Waals surface area contributed by atoms with E-state index in [2.05, 4.69) is 21.0 Å². The van der Waals surface area contributed by atoms with Crippen molar-refractivity contribution in [2.24, 2.45) is 0 Å². The molecule has 10 aliphatic rings. The van der Waals surface area contributed by atoms with Crippen molar-refractivity contribution in [2.75, 3.05) is 27.2 Å². The van der Waals surface area contributed by atoms with Gasteiger partial charge in [-0.15, -0.1) is 0 Å². The molecule has 10 aliphatic heterocycles. The van der Waals surface area contributed by atoms with Crippen LogP contribution < -0.4 is 17.0 Å². The van der Waals surface area contributed by atoms with E-state index in [9.17, 15) is 0 Å². The predicted octanol–water partition coefficient (Wildman–Crippen LogP) is 4.75. The quantitative estimate of drug-likeness (QED) is 0.198. The molecule has 0 bridgehead atoms. The smallest absolute Gasteiger partial charge is 1.00 e. The molecule has 1 nitrogen and oxygen atoms in total. The van der Waals surface area contributed by atoms with Crippen molar-refractivity contribution >= 4 is 0 Å². The fourth-order valence-corrected chi connectivity index (χ4v) is 94.8. The van der Waals surface area contributed by atoms with E-state index in [1.807, 2.05) is 0 Å². The molecule has 0 aromatic carbocycles. The fourth-order valence-electron chi connectivity index (χ4n) is 19.8. The van der Waals surface area contributed by atoms with Gasteiger partial charge in [-0.05, 0) is 0 Å².